The lowest BCUT2D eigenvalue weighted by Crippen LogP contribution is -2.30. The van der Waals surface area contributed by atoms with Crippen LogP contribution >= 0.6 is 0 Å². The van der Waals surface area contributed by atoms with Gasteiger partial charge in [-0.2, -0.15) is 0 Å². The molecule has 0 fully saturated rings. The number of allylic oxidation sites excluding steroid dienone is 5. The number of hydrogen-bond acceptors (Lipinski definition) is 9. The molecule has 2 heterocycles. The molecule has 0 saturated carbocycles. The van der Waals surface area contributed by atoms with E-state index >= 15 is 0 Å². The van der Waals surface area contributed by atoms with E-state index in [2.05, 4.69) is 36.6 Å². The molecule has 0 aromatic heterocycles. The number of aliphatic carboxylic acids is 1. The van der Waals surface area contributed by atoms with Crippen LogP contribution in [0.2, 0.25) is 0 Å². The summed E-state index contributed by atoms with van der Waals surface area (Å²) in [6.07, 6.45) is 9.74. The van der Waals surface area contributed by atoms with Crippen molar-refractivity contribution >= 4 is 38.0 Å². The molecule has 2 aliphatic heterocycles. The number of nitrogens with zero attached hydrogens (tertiary/aromatic N) is 2. The highest BCUT2D eigenvalue weighted by Gasteiger charge is 2.43. The van der Waals surface area contributed by atoms with Crippen LogP contribution in [-0.4, -0.2) is 62.4 Å². The van der Waals surface area contributed by atoms with Gasteiger partial charge in [0.2, 0.25) is 5.36 Å². The second kappa shape index (κ2) is 16.7. The Morgan fingerprint density at radius 1 is 0.944 bits per heavy atom. The van der Waals surface area contributed by atoms with E-state index in [0.29, 0.717) is 16.9 Å². The highest BCUT2D eigenvalue weighted by Crippen LogP contribution is 2.51. The largest absolute Gasteiger partial charge is 0.748 e. The summed E-state index contributed by atoms with van der Waals surface area (Å²) >= 11 is 0. The monoisotopic (exact) mass is 773 g/mol. The molecular formula is C41H45N2O9S2-. The van der Waals surface area contributed by atoms with Crippen LogP contribution in [0, 0.1) is 6.92 Å². The standard InChI is InChI=1S/C41H46N2O9S2/c1-5-42(6-2)31-20-22-34-33(29(3)40(52-37(34)27-31)30-15-9-7-10-16-30)17-11-8-12-18-38-41(4,24-13-19-39(44)45)35-28-32(54(49,50)51)21-23-36(35)43(38)25-14-26-53(46,47)48/h7-12,15-18,20-23,27-28H,5-6,13-14,19,24-26H2,1-4H3,(H2-,44,45,46,47,48,49,50,51)/p-1. The fraction of sp³-hybridized carbons (Fsp3) is 0.317. The fourth-order valence-corrected chi connectivity index (χ4v) is 8.22. The number of carbonyl (C=O) groups is 1. The van der Waals surface area contributed by atoms with Crippen LogP contribution in [0.3, 0.4) is 0 Å². The first-order valence-electron chi connectivity index (χ1n) is 17.9. The van der Waals surface area contributed by atoms with E-state index in [1.165, 1.54) is 18.2 Å². The minimum Gasteiger partial charge on any atom is -0.748 e. The highest BCUT2D eigenvalue weighted by molar-refractivity contribution is 7.86. The topological polar surface area (TPSA) is 171 Å². The van der Waals surface area contributed by atoms with Crippen LogP contribution in [0.25, 0.3) is 28.7 Å². The van der Waals surface area contributed by atoms with Gasteiger partial charge in [0, 0.05) is 58.3 Å². The first kappa shape index (κ1) is 40.4. The van der Waals surface area contributed by atoms with E-state index in [0.717, 1.165) is 52.2 Å². The smallest absolute Gasteiger partial charge is 0.303 e. The lowest BCUT2D eigenvalue weighted by Gasteiger charge is -2.30. The number of hydrogen-bond donors (Lipinski definition) is 1. The quantitative estimate of drug-likeness (QED) is 0.0799. The number of rotatable bonds is 15. The van der Waals surface area contributed by atoms with Crippen molar-refractivity contribution in [2.24, 2.45) is 0 Å². The lowest BCUT2D eigenvalue weighted by atomic mass is 9.77. The van der Waals surface area contributed by atoms with Crippen molar-refractivity contribution in [3.63, 3.8) is 0 Å². The van der Waals surface area contributed by atoms with Gasteiger partial charge in [0.1, 0.15) is 34.7 Å². The van der Waals surface area contributed by atoms with E-state index in [1.807, 2.05) is 73.4 Å². The molecule has 0 saturated heterocycles. The second-order valence-electron chi connectivity index (χ2n) is 13.5. The Labute approximate surface area is 317 Å². The van der Waals surface area contributed by atoms with Gasteiger partial charge in [0.25, 0.3) is 0 Å². The lowest BCUT2D eigenvalue weighted by molar-refractivity contribution is -0.137. The molecule has 2 aromatic rings. The summed E-state index contributed by atoms with van der Waals surface area (Å²) in [5.41, 5.74) is 4.55. The summed E-state index contributed by atoms with van der Waals surface area (Å²) < 4.78 is 79.4. The second-order valence-corrected chi connectivity index (χ2v) is 16.4. The number of benzene rings is 3. The van der Waals surface area contributed by atoms with E-state index in [1.54, 1.807) is 6.08 Å². The highest BCUT2D eigenvalue weighted by atomic mass is 32.2. The maximum atomic E-state index is 12.0. The number of anilines is 1. The van der Waals surface area contributed by atoms with Crippen molar-refractivity contribution in [1.29, 1.82) is 0 Å². The van der Waals surface area contributed by atoms with Crippen LogP contribution < -0.4 is 14.8 Å². The van der Waals surface area contributed by atoms with Gasteiger partial charge < -0.3 is 23.5 Å². The first-order valence-corrected chi connectivity index (χ1v) is 20.9. The molecule has 286 valence electrons. The molecular weight excluding hydrogens is 729 g/mol. The SMILES string of the molecule is CC[N+](CC)=c1ccc2c(/C=C/C=C/C=C3\N(CCCS(=O)(=O)[O-])c4ccc(S(=O)(=O)[O-])cc4C3(C)CCCC(=O)O)c(C)c(-c3ccccc3)oc-2c1. The summed E-state index contributed by atoms with van der Waals surface area (Å²) in [5.74, 6) is -0.102. The average molecular weight is 774 g/mol. The molecule has 2 aromatic carbocycles. The van der Waals surface area contributed by atoms with Gasteiger partial charge in [-0.15, -0.1) is 0 Å². The molecule has 0 bridgehead atoms. The summed E-state index contributed by atoms with van der Waals surface area (Å²) in [6, 6.07) is 20.1. The van der Waals surface area contributed by atoms with Gasteiger partial charge in [0.05, 0.1) is 21.1 Å². The van der Waals surface area contributed by atoms with Crippen LogP contribution in [0.1, 0.15) is 63.1 Å². The van der Waals surface area contributed by atoms with Gasteiger partial charge >= 0.3 is 5.97 Å². The molecule has 1 N–H and O–H groups in total. The van der Waals surface area contributed by atoms with E-state index in [4.69, 9.17) is 4.42 Å². The zero-order valence-corrected chi connectivity index (χ0v) is 32.5. The molecule has 54 heavy (non-hydrogen) atoms. The molecule has 13 heteroatoms. The van der Waals surface area contributed by atoms with Crippen molar-refractivity contribution in [1.82, 2.24) is 4.58 Å². The zero-order valence-electron chi connectivity index (χ0n) is 30.8. The molecule has 3 aliphatic rings. The predicted molar refractivity (Wildman–Crippen MR) is 208 cm³/mol. The third-order valence-electron chi connectivity index (χ3n) is 9.96. The van der Waals surface area contributed by atoms with Gasteiger partial charge in [-0.25, -0.2) is 21.4 Å². The average Bonchev–Trinajstić information content (AvgIpc) is 3.34. The molecule has 5 rings (SSSR count). The Bertz CT molecular complexity index is 2370. The van der Waals surface area contributed by atoms with Crippen LogP contribution in [-0.2, 0) is 30.4 Å². The van der Waals surface area contributed by atoms with Gasteiger partial charge in [0.15, 0.2) is 0 Å². The maximum Gasteiger partial charge on any atom is 0.303 e. The fourth-order valence-electron chi connectivity index (χ4n) is 7.24. The summed E-state index contributed by atoms with van der Waals surface area (Å²) in [6.45, 7) is 9.89. The van der Waals surface area contributed by atoms with Crippen molar-refractivity contribution in [2.45, 2.75) is 63.7 Å². The summed E-state index contributed by atoms with van der Waals surface area (Å²) in [5, 5.41) is 10.4. The van der Waals surface area contributed by atoms with Crippen molar-refractivity contribution in [3.8, 4) is 22.6 Å². The zero-order chi connectivity index (χ0) is 39.3. The van der Waals surface area contributed by atoms with Crippen LogP contribution in [0.15, 0.2) is 106 Å². The van der Waals surface area contributed by atoms with Crippen LogP contribution in [0.5, 0.6) is 0 Å². The van der Waals surface area contributed by atoms with Crippen molar-refractivity contribution < 1.29 is 40.3 Å². The number of carboxylic acid groups (broad SMARTS) is 1. The Balaban J connectivity index is 1.60. The predicted octanol–water partition coefficient (Wildman–Crippen LogP) is 6.50. The molecule has 0 radical (unpaired) electrons. The molecule has 0 spiro atoms. The molecule has 1 unspecified atom stereocenters. The molecule has 1 atom stereocenters. The van der Waals surface area contributed by atoms with E-state index in [9.17, 15) is 35.8 Å². The first-order chi connectivity index (χ1) is 25.6. The normalized spacial score (nSPS) is 16.9. The Kier molecular flexibility index (Phi) is 12.5. The minimum absolute atomic E-state index is 0.00973. The Morgan fingerprint density at radius 2 is 1.67 bits per heavy atom. The van der Waals surface area contributed by atoms with Crippen molar-refractivity contribution in [3.05, 3.63) is 119 Å². The number of carboxylic acids is 1. The Morgan fingerprint density at radius 3 is 2.31 bits per heavy atom. The van der Waals surface area contributed by atoms with Gasteiger partial charge in [-0.3, -0.25) is 4.79 Å². The molecule has 0 amide bonds. The van der Waals surface area contributed by atoms with Gasteiger partial charge in [-0.05, 0) is 88.4 Å². The van der Waals surface area contributed by atoms with Crippen molar-refractivity contribution in [2.75, 3.05) is 30.3 Å². The third kappa shape index (κ3) is 9.09. The molecule has 11 nitrogen and oxygen atoms in total. The van der Waals surface area contributed by atoms with E-state index in [-0.39, 0.29) is 32.2 Å². The molecule has 1 aliphatic carbocycles. The van der Waals surface area contributed by atoms with E-state index < -0.39 is 42.3 Å². The summed E-state index contributed by atoms with van der Waals surface area (Å²) in [4.78, 5) is 12.9. The van der Waals surface area contributed by atoms with Gasteiger partial charge in [-0.1, -0.05) is 54.6 Å². The third-order valence-corrected chi connectivity index (χ3v) is 11.6. The maximum absolute atomic E-state index is 12.0. The minimum atomic E-state index is -4.82. The Hall–Kier alpha value is -4.82. The summed E-state index contributed by atoms with van der Waals surface area (Å²) in [7, 11) is -9.32. The van der Waals surface area contributed by atoms with Crippen LogP contribution in [0.4, 0.5) is 5.69 Å². The number of fused-ring (bicyclic) bond motifs is 2.